The van der Waals surface area contributed by atoms with E-state index in [1.807, 2.05) is 16.2 Å². The van der Waals surface area contributed by atoms with Crippen LogP contribution in [0.4, 0.5) is 0 Å². The van der Waals surface area contributed by atoms with Crippen molar-refractivity contribution < 1.29 is 0 Å². The van der Waals surface area contributed by atoms with Gasteiger partial charge in [-0.1, -0.05) is 0 Å². The maximum Gasteiger partial charge on any atom is 0.185 e. The third-order valence-electron chi connectivity index (χ3n) is 1.42. The molecule has 0 bridgehead atoms. The van der Waals surface area contributed by atoms with E-state index in [1.165, 1.54) is 0 Å². The van der Waals surface area contributed by atoms with Gasteiger partial charge in [0.05, 0.1) is 6.54 Å². The summed E-state index contributed by atoms with van der Waals surface area (Å²) in [6, 6.07) is 0. The number of rotatable bonds is 0. The quantitative estimate of drug-likeness (QED) is 0.489. The Morgan fingerprint density at radius 2 is 2.56 bits per heavy atom. The standard InChI is InChI=1S/C5H7N3S/c9-5-6-4-7-2-1-3-8(5)7/h1,3-5,9H,2H2. The molecule has 1 unspecified atom stereocenters. The largest absolute Gasteiger partial charge is 0.269 e. The SMILES string of the molecule is SC1N=CN2CC=CN12. The minimum absolute atomic E-state index is 0.00347. The monoisotopic (exact) mass is 141 g/mol. The van der Waals surface area contributed by atoms with Crippen molar-refractivity contribution in [3.63, 3.8) is 0 Å². The smallest absolute Gasteiger partial charge is 0.185 e. The van der Waals surface area contributed by atoms with E-state index in [2.05, 4.69) is 23.7 Å². The Balaban J connectivity index is 2.22. The summed E-state index contributed by atoms with van der Waals surface area (Å²) in [6.45, 7) is 0.931. The highest BCUT2D eigenvalue weighted by Gasteiger charge is 2.23. The van der Waals surface area contributed by atoms with Crippen molar-refractivity contribution in [1.82, 2.24) is 10.0 Å². The molecule has 0 aliphatic carbocycles. The summed E-state index contributed by atoms with van der Waals surface area (Å²) in [6.07, 6.45) is 5.87. The van der Waals surface area contributed by atoms with Crippen molar-refractivity contribution in [2.75, 3.05) is 6.54 Å². The van der Waals surface area contributed by atoms with Crippen LogP contribution >= 0.6 is 12.6 Å². The van der Waals surface area contributed by atoms with Gasteiger partial charge >= 0.3 is 0 Å². The van der Waals surface area contributed by atoms with Crippen LogP contribution in [0, 0.1) is 0 Å². The lowest BCUT2D eigenvalue weighted by molar-refractivity contribution is 0.161. The Labute approximate surface area is 59.0 Å². The second-order valence-electron chi connectivity index (χ2n) is 2.00. The van der Waals surface area contributed by atoms with Crippen LogP contribution in [0.15, 0.2) is 17.3 Å². The zero-order valence-electron chi connectivity index (χ0n) is 4.81. The molecule has 0 fully saturated rings. The first-order valence-corrected chi connectivity index (χ1v) is 3.32. The van der Waals surface area contributed by atoms with Crippen molar-refractivity contribution in [1.29, 1.82) is 0 Å². The fraction of sp³-hybridized carbons (Fsp3) is 0.400. The Morgan fingerprint density at radius 3 is 3.33 bits per heavy atom. The zero-order chi connectivity index (χ0) is 6.27. The lowest BCUT2D eigenvalue weighted by Crippen LogP contribution is -2.31. The molecule has 0 saturated carbocycles. The van der Waals surface area contributed by atoms with Crippen LogP contribution in [0.1, 0.15) is 0 Å². The van der Waals surface area contributed by atoms with E-state index in [1.54, 1.807) is 6.34 Å². The van der Waals surface area contributed by atoms with Gasteiger partial charge in [0.1, 0.15) is 6.34 Å². The van der Waals surface area contributed by atoms with Crippen molar-refractivity contribution in [2.45, 2.75) is 5.50 Å². The van der Waals surface area contributed by atoms with E-state index >= 15 is 0 Å². The van der Waals surface area contributed by atoms with Crippen molar-refractivity contribution in [3.8, 4) is 0 Å². The summed E-state index contributed by atoms with van der Waals surface area (Å²) < 4.78 is 0. The molecule has 0 aromatic rings. The number of nitrogens with zero attached hydrogens (tertiary/aromatic N) is 3. The molecule has 48 valence electrons. The molecule has 3 nitrogen and oxygen atoms in total. The first kappa shape index (κ1) is 5.17. The molecule has 2 aliphatic heterocycles. The third kappa shape index (κ3) is 0.627. The molecule has 9 heavy (non-hydrogen) atoms. The molecule has 0 aromatic carbocycles. The molecular weight excluding hydrogens is 134 g/mol. The number of thiol groups is 1. The van der Waals surface area contributed by atoms with Crippen LogP contribution in [0.25, 0.3) is 0 Å². The summed E-state index contributed by atoms with van der Waals surface area (Å²) in [7, 11) is 0. The van der Waals surface area contributed by atoms with Gasteiger partial charge in [-0.3, -0.25) is 10.0 Å². The van der Waals surface area contributed by atoms with Crippen molar-refractivity contribution >= 4 is 19.0 Å². The van der Waals surface area contributed by atoms with E-state index in [9.17, 15) is 0 Å². The zero-order valence-corrected chi connectivity index (χ0v) is 5.70. The minimum atomic E-state index is 0.00347. The molecule has 2 rings (SSSR count). The van der Waals surface area contributed by atoms with E-state index in [-0.39, 0.29) is 5.50 Å². The number of aliphatic imine (C=N–C) groups is 1. The number of fused-ring (bicyclic) bond motifs is 1. The molecule has 2 aliphatic rings. The average Bonchev–Trinajstić information content (AvgIpc) is 2.35. The summed E-state index contributed by atoms with van der Waals surface area (Å²) >= 11 is 4.20. The topological polar surface area (TPSA) is 18.8 Å². The first-order valence-electron chi connectivity index (χ1n) is 2.81. The molecule has 0 saturated heterocycles. The molecule has 0 amide bonds. The number of hydrogen-bond donors (Lipinski definition) is 1. The van der Waals surface area contributed by atoms with Crippen LogP contribution in [-0.4, -0.2) is 28.4 Å². The molecular formula is C5H7N3S. The van der Waals surface area contributed by atoms with Gasteiger partial charge in [0, 0.05) is 6.20 Å². The Kier molecular flexibility index (Phi) is 0.958. The fourth-order valence-corrected chi connectivity index (χ4v) is 1.23. The highest BCUT2D eigenvalue weighted by Crippen LogP contribution is 2.18. The predicted octanol–water partition coefficient (Wildman–Crippen LogP) is 0.288. The van der Waals surface area contributed by atoms with E-state index < -0.39 is 0 Å². The summed E-state index contributed by atoms with van der Waals surface area (Å²) in [4.78, 5) is 4.06. The predicted molar refractivity (Wildman–Crippen MR) is 39.0 cm³/mol. The van der Waals surface area contributed by atoms with Crippen LogP contribution in [-0.2, 0) is 0 Å². The van der Waals surface area contributed by atoms with Crippen molar-refractivity contribution in [3.05, 3.63) is 12.3 Å². The van der Waals surface area contributed by atoms with Crippen LogP contribution < -0.4 is 0 Å². The average molecular weight is 141 g/mol. The van der Waals surface area contributed by atoms with Gasteiger partial charge < -0.3 is 0 Å². The van der Waals surface area contributed by atoms with Crippen LogP contribution in [0.3, 0.4) is 0 Å². The van der Waals surface area contributed by atoms with E-state index in [4.69, 9.17) is 0 Å². The second kappa shape index (κ2) is 1.67. The molecule has 2 heterocycles. The lowest BCUT2D eigenvalue weighted by Gasteiger charge is -2.21. The Hall–Kier alpha value is -0.640. The molecule has 0 spiro atoms. The normalized spacial score (nSPS) is 30.1. The van der Waals surface area contributed by atoms with Gasteiger partial charge in [-0.25, -0.2) is 4.99 Å². The van der Waals surface area contributed by atoms with Gasteiger partial charge in [0.2, 0.25) is 0 Å². The summed E-state index contributed by atoms with van der Waals surface area (Å²) in [5, 5.41) is 3.99. The van der Waals surface area contributed by atoms with E-state index in [0.717, 1.165) is 6.54 Å². The maximum absolute atomic E-state index is 4.20. The molecule has 4 heteroatoms. The number of hydrogen-bond acceptors (Lipinski definition) is 4. The summed E-state index contributed by atoms with van der Waals surface area (Å²) in [5.74, 6) is 0. The fourth-order valence-electron chi connectivity index (χ4n) is 0.964. The Morgan fingerprint density at radius 1 is 1.67 bits per heavy atom. The second-order valence-corrected chi connectivity index (χ2v) is 2.46. The first-order chi connectivity index (χ1) is 4.38. The molecule has 1 atom stereocenters. The molecule has 0 aromatic heterocycles. The van der Waals surface area contributed by atoms with Gasteiger partial charge in [-0.05, 0) is 6.08 Å². The highest BCUT2D eigenvalue weighted by molar-refractivity contribution is 7.80. The van der Waals surface area contributed by atoms with Gasteiger partial charge in [-0.15, -0.1) is 12.6 Å². The van der Waals surface area contributed by atoms with Gasteiger partial charge in [-0.2, -0.15) is 0 Å². The summed E-state index contributed by atoms with van der Waals surface area (Å²) in [5.41, 5.74) is 0.00347. The van der Waals surface area contributed by atoms with Crippen LogP contribution in [0.2, 0.25) is 0 Å². The molecule has 0 radical (unpaired) electrons. The third-order valence-corrected chi connectivity index (χ3v) is 1.79. The lowest BCUT2D eigenvalue weighted by atomic mass is 10.6. The van der Waals surface area contributed by atoms with Crippen LogP contribution in [0.5, 0.6) is 0 Å². The van der Waals surface area contributed by atoms with Gasteiger partial charge in [0.25, 0.3) is 0 Å². The van der Waals surface area contributed by atoms with E-state index in [0.29, 0.717) is 0 Å². The highest BCUT2D eigenvalue weighted by atomic mass is 32.1. The van der Waals surface area contributed by atoms with Gasteiger partial charge in [0.15, 0.2) is 5.50 Å². The van der Waals surface area contributed by atoms with Crippen molar-refractivity contribution in [2.24, 2.45) is 4.99 Å². The maximum atomic E-state index is 4.20. The Bertz CT molecular complexity index is 177. The molecule has 0 N–H and O–H groups in total. The minimum Gasteiger partial charge on any atom is -0.269 e. The number of hydrazine groups is 1.